The first-order valence-corrected chi connectivity index (χ1v) is 7.59. The van der Waals surface area contributed by atoms with Crippen LogP contribution in [0.2, 0.25) is 0 Å². The first kappa shape index (κ1) is 13.2. The number of aromatic nitrogens is 2. The molecule has 0 aliphatic carbocycles. The van der Waals surface area contributed by atoms with E-state index in [1.807, 2.05) is 16.5 Å². The Kier molecular flexibility index (Phi) is 2.90. The third kappa shape index (κ3) is 1.85. The minimum atomic E-state index is -0.0668. The number of fused-ring (bicyclic) bond motifs is 1. The van der Waals surface area contributed by atoms with Crippen LogP contribution in [0.15, 0.2) is 22.8 Å². The number of hydrogen-bond donors (Lipinski definition) is 1. The van der Waals surface area contributed by atoms with Crippen LogP contribution in [-0.4, -0.2) is 9.38 Å². The minimum Gasteiger partial charge on any atom is -0.463 e. The van der Waals surface area contributed by atoms with E-state index in [0.717, 1.165) is 34.3 Å². The fraction of sp³-hybridized carbons (Fsp3) is 0.400. The SMILES string of the molecule is CCc1sc2nc(C(C)(C)C)c(N)n2c1-c1ccco1. The summed E-state index contributed by atoms with van der Waals surface area (Å²) in [6.45, 7) is 8.52. The van der Waals surface area contributed by atoms with E-state index in [1.54, 1.807) is 17.6 Å². The lowest BCUT2D eigenvalue weighted by Crippen LogP contribution is -2.14. The number of aryl methyl sites for hydroxylation is 1. The van der Waals surface area contributed by atoms with Crippen LogP contribution >= 0.6 is 11.3 Å². The van der Waals surface area contributed by atoms with E-state index in [2.05, 4.69) is 27.7 Å². The van der Waals surface area contributed by atoms with Crippen molar-refractivity contribution in [2.75, 3.05) is 5.73 Å². The number of furan rings is 1. The molecule has 0 atom stereocenters. The second kappa shape index (κ2) is 4.38. The summed E-state index contributed by atoms with van der Waals surface area (Å²) in [4.78, 5) is 6.92. The summed E-state index contributed by atoms with van der Waals surface area (Å²) >= 11 is 1.69. The smallest absolute Gasteiger partial charge is 0.196 e. The zero-order chi connectivity index (χ0) is 14.5. The van der Waals surface area contributed by atoms with Crippen molar-refractivity contribution in [3.8, 4) is 11.5 Å². The van der Waals surface area contributed by atoms with Gasteiger partial charge in [0.25, 0.3) is 0 Å². The van der Waals surface area contributed by atoms with Gasteiger partial charge in [-0.1, -0.05) is 27.7 Å². The lowest BCUT2D eigenvalue weighted by molar-refractivity contribution is 0.574. The second-order valence-electron chi connectivity index (χ2n) is 5.92. The van der Waals surface area contributed by atoms with Crippen LogP contribution in [0.4, 0.5) is 5.82 Å². The standard InChI is InChI=1S/C15H19N3OS/c1-5-10-11(9-7-6-8-19-9)18-13(16)12(15(2,3)4)17-14(18)20-10/h6-8H,5,16H2,1-4H3. The van der Waals surface area contributed by atoms with Gasteiger partial charge < -0.3 is 10.2 Å². The van der Waals surface area contributed by atoms with E-state index in [0.29, 0.717) is 0 Å². The van der Waals surface area contributed by atoms with E-state index in [-0.39, 0.29) is 5.41 Å². The maximum atomic E-state index is 6.37. The molecule has 2 N–H and O–H groups in total. The third-order valence-electron chi connectivity index (χ3n) is 3.37. The van der Waals surface area contributed by atoms with Gasteiger partial charge in [0.1, 0.15) is 11.5 Å². The van der Waals surface area contributed by atoms with E-state index in [4.69, 9.17) is 15.1 Å². The molecule has 3 aromatic rings. The van der Waals surface area contributed by atoms with Gasteiger partial charge in [0.2, 0.25) is 0 Å². The average molecular weight is 289 g/mol. The molecular weight excluding hydrogens is 270 g/mol. The summed E-state index contributed by atoms with van der Waals surface area (Å²) in [6.07, 6.45) is 2.63. The summed E-state index contributed by atoms with van der Waals surface area (Å²) < 4.78 is 7.61. The molecule has 0 radical (unpaired) electrons. The molecule has 0 amide bonds. The Hall–Kier alpha value is -1.75. The van der Waals surface area contributed by atoms with Crippen molar-refractivity contribution in [3.05, 3.63) is 29.0 Å². The highest BCUT2D eigenvalue weighted by Crippen LogP contribution is 2.38. The zero-order valence-electron chi connectivity index (χ0n) is 12.2. The van der Waals surface area contributed by atoms with Crippen molar-refractivity contribution < 1.29 is 4.42 Å². The molecule has 3 rings (SSSR count). The second-order valence-corrected chi connectivity index (χ2v) is 6.98. The first-order chi connectivity index (χ1) is 9.43. The summed E-state index contributed by atoms with van der Waals surface area (Å²) in [5.41, 5.74) is 8.28. The molecule has 106 valence electrons. The van der Waals surface area contributed by atoms with Gasteiger partial charge in [0.15, 0.2) is 10.7 Å². The molecular formula is C15H19N3OS. The van der Waals surface area contributed by atoms with Crippen LogP contribution in [0.25, 0.3) is 16.4 Å². The van der Waals surface area contributed by atoms with Gasteiger partial charge in [-0.15, -0.1) is 11.3 Å². The fourth-order valence-corrected chi connectivity index (χ4v) is 3.50. The normalized spacial score (nSPS) is 12.4. The van der Waals surface area contributed by atoms with E-state index < -0.39 is 0 Å². The average Bonchev–Trinajstić information content (AvgIpc) is 3.04. The maximum Gasteiger partial charge on any atom is 0.196 e. The van der Waals surface area contributed by atoms with Crippen LogP contribution in [0.5, 0.6) is 0 Å². The van der Waals surface area contributed by atoms with Crippen molar-refractivity contribution in [1.29, 1.82) is 0 Å². The Morgan fingerprint density at radius 1 is 1.40 bits per heavy atom. The predicted octanol–water partition coefficient (Wildman–Crippen LogP) is 4.10. The summed E-state index contributed by atoms with van der Waals surface area (Å²) in [6, 6.07) is 3.87. The number of hydrogen-bond acceptors (Lipinski definition) is 4. The highest BCUT2D eigenvalue weighted by atomic mass is 32.1. The molecule has 0 aromatic carbocycles. The zero-order valence-corrected chi connectivity index (χ0v) is 13.0. The van der Waals surface area contributed by atoms with Crippen molar-refractivity contribution in [1.82, 2.24) is 9.38 Å². The van der Waals surface area contributed by atoms with Crippen LogP contribution in [0.1, 0.15) is 38.3 Å². The first-order valence-electron chi connectivity index (χ1n) is 6.77. The number of nitrogens with two attached hydrogens (primary N) is 1. The summed E-state index contributed by atoms with van der Waals surface area (Å²) in [5, 5.41) is 0. The van der Waals surface area contributed by atoms with Crippen molar-refractivity contribution in [2.24, 2.45) is 0 Å². The quantitative estimate of drug-likeness (QED) is 0.772. The minimum absolute atomic E-state index is 0.0668. The highest BCUT2D eigenvalue weighted by molar-refractivity contribution is 7.17. The van der Waals surface area contributed by atoms with Gasteiger partial charge in [-0.25, -0.2) is 4.98 Å². The van der Waals surface area contributed by atoms with Gasteiger partial charge in [-0.3, -0.25) is 4.40 Å². The molecule has 4 nitrogen and oxygen atoms in total. The van der Waals surface area contributed by atoms with Crippen LogP contribution in [0.3, 0.4) is 0 Å². The van der Waals surface area contributed by atoms with Gasteiger partial charge in [-0.05, 0) is 18.6 Å². The Bertz CT molecular complexity index is 744. The molecule has 0 spiro atoms. The Balaban J connectivity index is 2.34. The third-order valence-corrected chi connectivity index (χ3v) is 4.56. The van der Waals surface area contributed by atoms with E-state index >= 15 is 0 Å². The molecule has 0 saturated heterocycles. The maximum absolute atomic E-state index is 6.37. The Morgan fingerprint density at radius 3 is 2.70 bits per heavy atom. The number of imidazole rings is 1. The molecule has 20 heavy (non-hydrogen) atoms. The molecule has 3 aromatic heterocycles. The Morgan fingerprint density at radius 2 is 2.15 bits per heavy atom. The largest absolute Gasteiger partial charge is 0.463 e. The Labute approximate surface area is 122 Å². The lowest BCUT2D eigenvalue weighted by atomic mass is 9.92. The molecule has 5 heteroatoms. The lowest BCUT2D eigenvalue weighted by Gasteiger charge is -2.16. The van der Waals surface area contributed by atoms with Crippen molar-refractivity contribution in [2.45, 2.75) is 39.5 Å². The van der Waals surface area contributed by atoms with Crippen molar-refractivity contribution >= 4 is 22.1 Å². The molecule has 0 fully saturated rings. The van der Waals surface area contributed by atoms with Gasteiger partial charge in [-0.2, -0.15) is 0 Å². The molecule has 0 unspecified atom stereocenters. The van der Waals surface area contributed by atoms with Gasteiger partial charge in [0, 0.05) is 10.3 Å². The molecule has 0 aliphatic heterocycles. The molecule has 0 aliphatic rings. The highest BCUT2D eigenvalue weighted by Gasteiger charge is 2.26. The summed E-state index contributed by atoms with van der Waals surface area (Å²) in [5.74, 6) is 1.56. The fourth-order valence-electron chi connectivity index (χ4n) is 2.43. The van der Waals surface area contributed by atoms with Crippen molar-refractivity contribution in [3.63, 3.8) is 0 Å². The number of nitrogen functional groups attached to an aromatic ring is 1. The van der Waals surface area contributed by atoms with Gasteiger partial charge in [0.05, 0.1) is 12.0 Å². The number of rotatable bonds is 2. The van der Waals surface area contributed by atoms with E-state index in [1.165, 1.54) is 4.88 Å². The summed E-state index contributed by atoms with van der Waals surface area (Å²) in [7, 11) is 0. The van der Waals surface area contributed by atoms with Crippen LogP contribution in [-0.2, 0) is 11.8 Å². The van der Waals surface area contributed by atoms with E-state index in [9.17, 15) is 0 Å². The molecule has 0 saturated carbocycles. The molecule has 3 heterocycles. The van der Waals surface area contributed by atoms with Gasteiger partial charge >= 0.3 is 0 Å². The monoisotopic (exact) mass is 289 g/mol. The topological polar surface area (TPSA) is 56.5 Å². The predicted molar refractivity (Wildman–Crippen MR) is 83.3 cm³/mol. The number of anilines is 1. The van der Waals surface area contributed by atoms with Crippen LogP contribution in [0, 0.1) is 0 Å². The number of thiazole rings is 1. The van der Waals surface area contributed by atoms with Crippen LogP contribution < -0.4 is 5.73 Å². The molecule has 0 bridgehead atoms. The number of nitrogens with zero attached hydrogens (tertiary/aromatic N) is 2.